The van der Waals surface area contributed by atoms with Gasteiger partial charge >= 0.3 is 0 Å². The van der Waals surface area contributed by atoms with Gasteiger partial charge in [0.05, 0.1) is 11.5 Å². The number of hydrogen-bond donors (Lipinski definition) is 1. The SMILES string of the molecule is CC[C@H](N)c1nc(C2(c3ccccc3)CC2)no1. The summed E-state index contributed by atoms with van der Waals surface area (Å²) in [6, 6.07) is 10.2. The molecule has 0 amide bonds. The van der Waals surface area contributed by atoms with Gasteiger partial charge in [0.25, 0.3) is 0 Å². The van der Waals surface area contributed by atoms with Crippen molar-refractivity contribution in [1.82, 2.24) is 10.1 Å². The topological polar surface area (TPSA) is 64.9 Å². The fraction of sp³-hybridized carbons (Fsp3) is 0.429. The first kappa shape index (κ1) is 11.4. The third-order valence-corrected chi connectivity index (χ3v) is 3.70. The zero-order valence-electron chi connectivity index (χ0n) is 10.5. The van der Waals surface area contributed by atoms with E-state index in [0.29, 0.717) is 5.89 Å². The van der Waals surface area contributed by atoms with Gasteiger partial charge in [0, 0.05) is 0 Å². The highest BCUT2D eigenvalue weighted by atomic mass is 16.5. The van der Waals surface area contributed by atoms with Crippen LogP contribution in [-0.4, -0.2) is 10.1 Å². The van der Waals surface area contributed by atoms with E-state index in [0.717, 1.165) is 25.1 Å². The number of hydrogen-bond acceptors (Lipinski definition) is 4. The summed E-state index contributed by atoms with van der Waals surface area (Å²) in [5, 5.41) is 4.13. The summed E-state index contributed by atoms with van der Waals surface area (Å²) in [5.41, 5.74) is 7.15. The molecule has 1 aromatic carbocycles. The van der Waals surface area contributed by atoms with Gasteiger partial charge in [-0.25, -0.2) is 0 Å². The van der Waals surface area contributed by atoms with E-state index in [9.17, 15) is 0 Å². The van der Waals surface area contributed by atoms with Crippen LogP contribution in [0.3, 0.4) is 0 Å². The molecule has 2 aromatic rings. The van der Waals surface area contributed by atoms with Crippen molar-refractivity contribution in [3.63, 3.8) is 0 Å². The predicted octanol–water partition coefficient (Wildman–Crippen LogP) is 2.56. The highest BCUT2D eigenvalue weighted by Crippen LogP contribution is 2.52. The van der Waals surface area contributed by atoms with Crippen LogP contribution < -0.4 is 5.73 Å². The molecule has 1 atom stereocenters. The van der Waals surface area contributed by atoms with Gasteiger partial charge in [-0.1, -0.05) is 42.4 Å². The molecule has 1 aliphatic rings. The minimum absolute atomic E-state index is 0.0313. The highest BCUT2D eigenvalue weighted by Gasteiger charge is 2.50. The quantitative estimate of drug-likeness (QED) is 0.896. The summed E-state index contributed by atoms with van der Waals surface area (Å²) in [7, 11) is 0. The maximum absolute atomic E-state index is 5.91. The number of nitrogens with zero attached hydrogens (tertiary/aromatic N) is 2. The Kier molecular flexibility index (Phi) is 2.67. The first-order valence-corrected chi connectivity index (χ1v) is 6.41. The molecule has 1 aliphatic carbocycles. The van der Waals surface area contributed by atoms with Crippen LogP contribution in [0.2, 0.25) is 0 Å². The second-order valence-electron chi connectivity index (χ2n) is 4.92. The van der Waals surface area contributed by atoms with Crippen molar-refractivity contribution in [3.8, 4) is 0 Å². The van der Waals surface area contributed by atoms with E-state index >= 15 is 0 Å². The van der Waals surface area contributed by atoms with Gasteiger partial charge in [0.1, 0.15) is 0 Å². The van der Waals surface area contributed by atoms with E-state index in [4.69, 9.17) is 10.3 Å². The van der Waals surface area contributed by atoms with Gasteiger partial charge in [-0.15, -0.1) is 0 Å². The van der Waals surface area contributed by atoms with Crippen LogP contribution in [0.1, 0.15) is 49.5 Å². The standard InChI is InChI=1S/C14H17N3O/c1-2-11(15)12-16-13(17-18-12)14(8-9-14)10-6-4-3-5-7-10/h3-7,11H,2,8-9,15H2,1H3/t11-/m0/s1. The molecule has 4 nitrogen and oxygen atoms in total. The Balaban J connectivity index is 1.93. The van der Waals surface area contributed by atoms with E-state index in [2.05, 4.69) is 22.3 Å². The molecule has 94 valence electrons. The van der Waals surface area contributed by atoms with Crippen molar-refractivity contribution in [3.05, 3.63) is 47.6 Å². The molecule has 1 aromatic heterocycles. The maximum atomic E-state index is 5.91. The van der Waals surface area contributed by atoms with Crippen LogP contribution in [0.4, 0.5) is 0 Å². The Morgan fingerprint density at radius 3 is 2.67 bits per heavy atom. The second kappa shape index (κ2) is 4.21. The zero-order valence-corrected chi connectivity index (χ0v) is 10.5. The van der Waals surface area contributed by atoms with Crippen molar-refractivity contribution in [2.75, 3.05) is 0 Å². The number of aromatic nitrogens is 2. The first-order valence-electron chi connectivity index (χ1n) is 6.41. The molecule has 3 rings (SSSR count). The minimum Gasteiger partial charge on any atom is -0.338 e. The van der Waals surface area contributed by atoms with Crippen molar-refractivity contribution in [2.24, 2.45) is 5.73 Å². The number of nitrogens with two attached hydrogens (primary N) is 1. The van der Waals surface area contributed by atoms with Gasteiger partial charge in [0.2, 0.25) is 5.89 Å². The second-order valence-corrected chi connectivity index (χ2v) is 4.92. The molecule has 1 fully saturated rings. The third-order valence-electron chi connectivity index (χ3n) is 3.70. The highest BCUT2D eigenvalue weighted by molar-refractivity contribution is 5.38. The van der Waals surface area contributed by atoms with Crippen LogP contribution in [0.15, 0.2) is 34.9 Å². The molecule has 4 heteroatoms. The van der Waals surface area contributed by atoms with Crippen LogP contribution in [0, 0.1) is 0 Å². The molecule has 0 bridgehead atoms. The van der Waals surface area contributed by atoms with Gasteiger partial charge in [0.15, 0.2) is 5.82 Å². The molecule has 1 saturated carbocycles. The monoisotopic (exact) mass is 243 g/mol. The van der Waals surface area contributed by atoms with Crippen LogP contribution in [0.5, 0.6) is 0 Å². The third kappa shape index (κ3) is 1.73. The van der Waals surface area contributed by atoms with E-state index < -0.39 is 0 Å². The first-order chi connectivity index (χ1) is 8.76. The fourth-order valence-corrected chi connectivity index (χ4v) is 2.28. The fourth-order valence-electron chi connectivity index (χ4n) is 2.28. The zero-order chi connectivity index (χ0) is 12.6. The van der Waals surface area contributed by atoms with E-state index in [1.54, 1.807) is 0 Å². The summed E-state index contributed by atoms with van der Waals surface area (Å²) >= 11 is 0. The van der Waals surface area contributed by atoms with E-state index in [-0.39, 0.29) is 11.5 Å². The predicted molar refractivity (Wildman–Crippen MR) is 68.0 cm³/mol. The average molecular weight is 243 g/mol. The average Bonchev–Trinajstić information content (AvgIpc) is 3.10. The van der Waals surface area contributed by atoms with Crippen molar-refractivity contribution in [1.29, 1.82) is 0 Å². The lowest BCUT2D eigenvalue weighted by Gasteiger charge is -2.10. The normalized spacial score (nSPS) is 18.6. The molecule has 0 saturated heterocycles. The summed E-state index contributed by atoms with van der Waals surface area (Å²) in [5.74, 6) is 1.34. The lowest BCUT2D eigenvalue weighted by molar-refractivity contribution is 0.346. The van der Waals surface area contributed by atoms with Crippen LogP contribution in [-0.2, 0) is 5.41 Å². The minimum atomic E-state index is -0.155. The molecule has 0 radical (unpaired) electrons. The van der Waals surface area contributed by atoms with Crippen LogP contribution >= 0.6 is 0 Å². The van der Waals surface area contributed by atoms with Crippen molar-refractivity contribution >= 4 is 0 Å². The Morgan fingerprint density at radius 2 is 2.06 bits per heavy atom. The molecule has 2 N–H and O–H groups in total. The summed E-state index contributed by atoms with van der Waals surface area (Å²) in [4.78, 5) is 4.49. The van der Waals surface area contributed by atoms with Gasteiger partial charge < -0.3 is 10.3 Å². The van der Waals surface area contributed by atoms with Crippen LogP contribution in [0.25, 0.3) is 0 Å². The van der Waals surface area contributed by atoms with Gasteiger partial charge in [-0.3, -0.25) is 0 Å². The molecular weight excluding hydrogens is 226 g/mol. The van der Waals surface area contributed by atoms with Gasteiger partial charge in [-0.05, 0) is 24.8 Å². The lowest BCUT2D eigenvalue weighted by atomic mass is 9.95. The molecular formula is C14H17N3O. The molecule has 0 spiro atoms. The molecule has 18 heavy (non-hydrogen) atoms. The van der Waals surface area contributed by atoms with E-state index in [1.807, 2.05) is 25.1 Å². The lowest BCUT2D eigenvalue weighted by Crippen LogP contribution is -2.12. The molecule has 0 unspecified atom stereocenters. The molecule has 1 heterocycles. The Labute approximate surface area is 106 Å². The van der Waals surface area contributed by atoms with Crippen molar-refractivity contribution < 1.29 is 4.52 Å². The number of benzene rings is 1. The number of rotatable bonds is 4. The summed E-state index contributed by atoms with van der Waals surface area (Å²) in [6.45, 7) is 2.01. The molecule has 0 aliphatic heterocycles. The summed E-state index contributed by atoms with van der Waals surface area (Å²) in [6.07, 6.45) is 2.97. The smallest absolute Gasteiger partial charge is 0.243 e. The Morgan fingerprint density at radius 1 is 1.33 bits per heavy atom. The van der Waals surface area contributed by atoms with Crippen molar-refractivity contribution in [2.45, 2.75) is 37.6 Å². The largest absolute Gasteiger partial charge is 0.338 e. The van der Waals surface area contributed by atoms with Gasteiger partial charge in [-0.2, -0.15) is 4.98 Å². The van der Waals surface area contributed by atoms with E-state index in [1.165, 1.54) is 5.56 Å². The summed E-state index contributed by atoms with van der Waals surface area (Å²) < 4.78 is 5.28. The maximum Gasteiger partial charge on any atom is 0.243 e. The Hall–Kier alpha value is -1.68. The Bertz CT molecular complexity index is 531.